The summed E-state index contributed by atoms with van der Waals surface area (Å²) >= 11 is 1.27. The number of rotatable bonds is 8. The molecule has 1 aliphatic heterocycles. The van der Waals surface area contributed by atoms with Gasteiger partial charge in [-0.25, -0.2) is 4.98 Å². The van der Waals surface area contributed by atoms with Gasteiger partial charge in [-0.15, -0.1) is 0 Å². The smallest absolute Gasteiger partial charge is 0.206 e. The van der Waals surface area contributed by atoms with Crippen molar-refractivity contribution in [3.63, 3.8) is 0 Å². The molecule has 3 N–H and O–H groups in total. The SMILES string of the molecule is CCc1cccc(C(=O)c2sc(Nc3ccc(OC[C@@H]4CCCN4C)cc3)nc2N)c1. The van der Waals surface area contributed by atoms with Crippen molar-refractivity contribution in [1.82, 2.24) is 9.88 Å². The molecule has 0 aliphatic carbocycles. The highest BCUT2D eigenvalue weighted by Crippen LogP contribution is 2.30. The lowest BCUT2D eigenvalue weighted by atomic mass is 10.1. The Bertz CT molecular complexity index is 1050. The number of hydrogen-bond donors (Lipinski definition) is 2. The van der Waals surface area contributed by atoms with Gasteiger partial charge in [-0.05, 0) is 68.8 Å². The minimum Gasteiger partial charge on any atom is -0.492 e. The van der Waals surface area contributed by atoms with Crippen LogP contribution in [0.3, 0.4) is 0 Å². The van der Waals surface area contributed by atoms with E-state index in [1.165, 1.54) is 24.2 Å². The first-order chi connectivity index (χ1) is 15.0. The molecule has 7 heteroatoms. The first-order valence-electron chi connectivity index (χ1n) is 10.6. The first-order valence-corrected chi connectivity index (χ1v) is 11.4. The maximum atomic E-state index is 12.9. The number of aryl methyl sites for hydroxylation is 1. The van der Waals surface area contributed by atoms with E-state index in [1.54, 1.807) is 0 Å². The number of aromatic nitrogens is 1. The molecule has 1 saturated heterocycles. The van der Waals surface area contributed by atoms with Crippen LogP contribution in [0.25, 0.3) is 0 Å². The van der Waals surface area contributed by atoms with Gasteiger partial charge in [-0.2, -0.15) is 0 Å². The van der Waals surface area contributed by atoms with E-state index in [9.17, 15) is 4.79 Å². The Kier molecular flexibility index (Phi) is 6.53. The van der Waals surface area contributed by atoms with Crippen LogP contribution in [0.1, 0.15) is 40.6 Å². The van der Waals surface area contributed by atoms with Crippen LogP contribution >= 0.6 is 11.3 Å². The average molecular weight is 437 g/mol. The number of likely N-dealkylation sites (N-methyl/N-ethyl adjacent to an activating group) is 1. The van der Waals surface area contributed by atoms with Gasteiger partial charge >= 0.3 is 0 Å². The van der Waals surface area contributed by atoms with Crippen LogP contribution in [-0.2, 0) is 6.42 Å². The van der Waals surface area contributed by atoms with Gasteiger partial charge in [0.05, 0.1) is 0 Å². The molecule has 1 aliphatic rings. The Hall–Kier alpha value is -2.90. The molecule has 0 bridgehead atoms. The molecular weight excluding hydrogens is 408 g/mol. The number of benzene rings is 2. The molecular formula is C24H28N4O2S. The van der Waals surface area contributed by atoms with Gasteiger partial charge in [-0.3, -0.25) is 4.79 Å². The number of nitrogens with zero attached hydrogens (tertiary/aromatic N) is 2. The van der Waals surface area contributed by atoms with Crippen LogP contribution in [0.2, 0.25) is 0 Å². The normalized spacial score (nSPS) is 16.4. The molecule has 1 aromatic heterocycles. The number of ether oxygens (including phenoxy) is 1. The highest BCUT2D eigenvalue weighted by Gasteiger charge is 2.21. The molecule has 31 heavy (non-hydrogen) atoms. The lowest BCUT2D eigenvalue weighted by molar-refractivity contribution is 0.104. The van der Waals surface area contributed by atoms with Crippen LogP contribution in [0.5, 0.6) is 5.75 Å². The Morgan fingerprint density at radius 1 is 1.29 bits per heavy atom. The molecule has 0 radical (unpaired) electrons. The van der Waals surface area contributed by atoms with E-state index in [0.717, 1.165) is 30.0 Å². The summed E-state index contributed by atoms with van der Waals surface area (Å²) in [6.07, 6.45) is 3.30. The number of anilines is 3. The number of nitrogens with one attached hydrogen (secondary N) is 1. The second-order valence-corrected chi connectivity index (χ2v) is 8.85. The number of likely N-dealkylation sites (tertiary alicyclic amines) is 1. The molecule has 1 atom stereocenters. The number of ketones is 1. The summed E-state index contributed by atoms with van der Waals surface area (Å²) in [5.74, 6) is 0.996. The van der Waals surface area contributed by atoms with Gasteiger partial charge in [0.15, 0.2) is 5.13 Å². The lowest BCUT2D eigenvalue weighted by Gasteiger charge is -2.19. The Labute approximate surface area is 187 Å². The molecule has 0 amide bonds. The van der Waals surface area contributed by atoms with Crippen LogP contribution < -0.4 is 15.8 Å². The third kappa shape index (κ3) is 5.06. The largest absolute Gasteiger partial charge is 0.492 e. The number of hydrogen-bond acceptors (Lipinski definition) is 7. The van der Waals surface area contributed by atoms with Crippen molar-refractivity contribution in [2.24, 2.45) is 0 Å². The molecule has 0 unspecified atom stereocenters. The minimum absolute atomic E-state index is 0.0982. The summed E-state index contributed by atoms with van der Waals surface area (Å²) in [4.78, 5) is 20.0. The van der Waals surface area contributed by atoms with Gasteiger partial charge in [-0.1, -0.05) is 36.5 Å². The van der Waals surface area contributed by atoms with Gasteiger partial charge in [0, 0.05) is 17.3 Å². The zero-order valence-electron chi connectivity index (χ0n) is 17.9. The molecule has 0 saturated carbocycles. The van der Waals surface area contributed by atoms with E-state index >= 15 is 0 Å². The molecule has 2 aromatic carbocycles. The van der Waals surface area contributed by atoms with Crippen molar-refractivity contribution >= 4 is 33.8 Å². The second-order valence-electron chi connectivity index (χ2n) is 7.85. The quantitative estimate of drug-likeness (QED) is 0.497. The summed E-state index contributed by atoms with van der Waals surface area (Å²) < 4.78 is 5.94. The van der Waals surface area contributed by atoms with Crippen LogP contribution in [0, 0.1) is 0 Å². The standard InChI is InChI=1S/C24H28N4O2S/c1-3-16-6-4-7-17(14-16)21(29)22-23(25)27-24(31-22)26-18-9-11-20(12-10-18)30-15-19-8-5-13-28(19)2/h4,6-7,9-12,14,19H,3,5,8,13,15,25H2,1-2H3,(H,26,27)/t19-/m0/s1. The fraction of sp³-hybridized carbons (Fsp3) is 0.333. The van der Waals surface area contributed by atoms with Crippen LogP contribution in [-0.4, -0.2) is 41.9 Å². The fourth-order valence-corrected chi connectivity index (χ4v) is 4.62. The molecule has 3 aromatic rings. The van der Waals surface area contributed by atoms with Gasteiger partial charge in [0.1, 0.15) is 23.1 Å². The Balaban J connectivity index is 1.40. The van der Waals surface area contributed by atoms with Crippen LogP contribution in [0.15, 0.2) is 48.5 Å². The van der Waals surface area contributed by atoms with Crippen molar-refractivity contribution < 1.29 is 9.53 Å². The Morgan fingerprint density at radius 3 is 2.81 bits per heavy atom. The van der Waals surface area contributed by atoms with E-state index in [4.69, 9.17) is 10.5 Å². The number of nitrogen functional groups attached to an aromatic ring is 1. The van der Waals surface area contributed by atoms with Crippen molar-refractivity contribution in [3.8, 4) is 5.75 Å². The summed E-state index contributed by atoms with van der Waals surface area (Å²) in [7, 11) is 2.15. The van der Waals surface area contributed by atoms with Crippen molar-refractivity contribution in [3.05, 3.63) is 64.5 Å². The molecule has 162 valence electrons. The number of carbonyl (C=O) groups is 1. The summed E-state index contributed by atoms with van der Waals surface area (Å²) in [6, 6.07) is 15.9. The summed E-state index contributed by atoms with van der Waals surface area (Å²) in [5, 5.41) is 3.83. The number of thiazole rings is 1. The average Bonchev–Trinajstić information content (AvgIpc) is 3.37. The lowest BCUT2D eigenvalue weighted by Crippen LogP contribution is -2.30. The first kappa shape index (κ1) is 21.3. The maximum Gasteiger partial charge on any atom is 0.206 e. The van der Waals surface area contributed by atoms with Crippen molar-refractivity contribution in [2.45, 2.75) is 32.2 Å². The third-order valence-electron chi connectivity index (χ3n) is 5.68. The molecule has 1 fully saturated rings. The summed E-state index contributed by atoms with van der Waals surface area (Å²) in [5.41, 5.74) is 8.67. The zero-order valence-corrected chi connectivity index (χ0v) is 18.7. The molecule has 6 nitrogen and oxygen atoms in total. The van der Waals surface area contributed by atoms with Crippen LogP contribution in [0.4, 0.5) is 16.6 Å². The second kappa shape index (κ2) is 9.49. The number of nitrogens with two attached hydrogens (primary N) is 1. The molecule has 0 spiro atoms. The van der Waals surface area contributed by atoms with Gasteiger partial charge in [0.25, 0.3) is 0 Å². The monoisotopic (exact) mass is 436 g/mol. The van der Waals surface area contributed by atoms with Gasteiger partial charge < -0.3 is 20.7 Å². The van der Waals surface area contributed by atoms with E-state index in [-0.39, 0.29) is 11.6 Å². The van der Waals surface area contributed by atoms with E-state index < -0.39 is 0 Å². The molecule has 2 heterocycles. The fourth-order valence-electron chi connectivity index (χ4n) is 3.75. The van der Waals surface area contributed by atoms with Crippen molar-refractivity contribution in [1.29, 1.82) is 0 Å². The highest BCUT2D eigenvalue weighted by atomic mass is 32.1. The van der Waals surface area contributed by atoms with E-state index in [2.05, 4.69) is 29.2 Å². The molecule has 4 rings (SSSR count). The zero-order chi connectivity index (χ0) is 21.8. The van der Waals surface area contributed by atoms with Crippen molar-refractivity contribution in [2.75, 3.05) is 31.2 Å². The van der Waals surface area contributed by atoms with Gasteiger partial charge in [0.2, 0.25) is 5.78 Å². The maximum absolute atomic E-state index is 12.9. The summed E-state index contributed by atoms with van der Waals surface area (Å²) in [6.45, 7) is 3.91. The predicted octanol–water partition coefficient (Wildman–Crippen LogP) is 4.74. The Morgan fingerprint density at radius 2 is 2.10 bits per heavy atom. The third-order valence-corrected chi connectivity index (χ3v) is 6.66. The van der Waals surface area contributed by atoms with E-state index in [1.807, 2.05) is 48.5 Å². The topological polar surface area (TPSA) is 80.5 Å². The highest BCUT2D eigenvalue weighted by molar-refractivity contribution is 7.18. The minimum atomic E-state index is -0.0982. The number of carbonyl (C=O) groups excluding carboxylic acids is 1. The predicted molar refractivity (Wildman–Crippen MR) is 127 cm³/mol. The van der Waals surface area contributed by atoms with E-state index in [0.29, 0.717) is 28.2 Å².